The van der Waals surface area contributed by atoms with Gasteiger partial charge in [0.05, 0.1) is 26.4 Å². The topological polar surface area (TPSA) is 137 Å². The summed E-state index contributed by atoms with van der Waals surface area (Å²) in [5, 5.41) is 0. The van der Waals surface area contributed by atoms with Crippen LogP contribution in [0.3, 0.4) is 0 Å². The number of nitrogens with two attached hydrogens (primary N) is 1. The molecule has 13 heteroatoms. The van der Waals surface area contributed by atoms with Crippen molar-refractivity contribution < 1.29 is 56.8 Å². The highest BCUT2D eigenvalue weighted by atomic mass is 16.9. The minimum atomic E-state index is -0.786. The van der Waals surface area contributed by atoms with Crippen LogP contribution in [0.25, 0.3) is 0 Å². The fraction of sp³-hybridized carbons (Fsp3) is 0.812. The molecule has 6 aliphatic rings. The molecule has 0 bridgehead atoms. The molecule has 0 radical (unpaired) electrons. The number of hydrogen-bond donors (Lipinski definition) is 1. The molecule has 13 nitrogen and oxygen atoms in total. The Morgan fingerprint density at radius 2 is 1.00 bits per heavy atom. The summed E-state index contributed by atoms with van der Waals surface area (Å²) in [4.78, 5) is 0. The Bertz CT molecular complexity index is 1160. The van der Waals surface area contributed by atoms with E-state index in [9.17, 15) is 0 Å². The molecule has 0 amide bonds. The third-order valence-electron chi connectivity index (χ3n) is 8.81. The molecule has 45 heavy (non-hydrogen) atoms. The zero-order valence-electron chi connectivity index (χ0n) is 27.3. The molecule has 0 saturated carbocycles. The molecule has 0 aromatic heterocycles. The second-order valence-electron chi connectivity index (χ2n) is 14.5. The maximum absolute atomic E-state index is 6.51. The number of ether oxygens (including phenoxy) is 12. The minimum Gasteiger partial charge on any atom is -0.399 e. The van der Waals surface area contributed by atoms with Crippen molar-refractivity contribution in [2.45, 2.75) is 153 Å². The fourth-order valence-corrected chi connectivity index (χ4v) is 7.08. The molecular weight excluding hydrogens is 590 g/mol. The van der Waals surface area contributed by atoms with Crippen molar-refractivity contribution in [2.24, 2.45) is 0 Å². The van der Waals surface area contributed by atoms with Crippen molar-refractivity contribution in [3.05, 3.63) is 29.3 Å². The first kappa shape index (κ1) is 32.1. The van der Waals surface area contributed by atoms with Gasteiger partial charge in [0, 0.05) is 5.69 Å². The van der Waals surface area contributed by atoms with E-state index >= 15 is 0 Å². The van der Waals surface area contributed by atoms with E-state index in [-0.39, 0.29) is 25.4 Å². The quantitative estimate of drug-likeness (QED) is 0.419. The number of nitrogen functional groups attached to an aromatic ring is 1. The van der Waals surface area contributed by atoms with E-state index in [0.717, 1.165) is 11.1 Å². The highest BCUT2D eigenvalue weighted by Gasteiger charge is 2.60. The van der Waals surface area contributed by atoms with E-state index in [4.69, 9.17) is 62.6 Å². The van der Waals surface area contributed by atoms with Crippen molar-refractivity contribution in [1.82, 2.24) is 0 Å². The minimum absolute atomic E-state index is 0.264. The molecule has 252 valence electrons. The molecule has 1 aromatic carbocycles. The Morgan fingerprint density at radius 3 is 1.38 bits per heavy atom. The van der Waals surface area contributed by atoms with Gasteiger partial charge in [0.25, 0.3) is 0 Å². The number of hydrogen-bond acceptors (Lipinski definition) is 13. The van der Waals surface area contributed by atoms with E-state index < -0.39 is 72.4 Å². The van der Waals surface area contributed by atoms with Gasteiger partial charge in [0.15, 0.2) is 35.7 Å². The van der Waals surface area contributed by atoms with Gasteiger partial charge < -0.3 is 62.6 Å². The Balaban J connectivity index is 1.04. The number of anilines is 1. The standard InChI is InChI=1S/C32H47NO12/c1-29(2)36-14-19(40-29)21-23(25-27(38-21)44-31(5,6)42-25)34-12-16-9-17(11-18(33)10-16)13-35-24-22(20-15-37-30(3,4)41-20)39-28-26(24)43-32(7,8)45-28/h9-11,19-28H,12-15,33H2,1-8H3/t19-,20-,21-,22-,23+,24+,25-,26-,27-,28-/m1/s1. The monoisotopic (exact) mass is 637 g/mol. The summed E-state index contributed by atoms with van der Waals surface area (Å²) in [7, 11) is 0. The summed E-state index contributed by atoms with van der Waals surface area (Å²) < 4.78 is 73.9. The summed E-state index contributed by atoms with van der Waals surface area (Å²) in [5.41, 5.74) is 8.71. The Labute approximate surface area is 264 Å². The summed E-state index contributed by atoms with van der Waals surface area (Å²) in [6, 6.07) is 5.79. The SMILES string of the molecule is CC1(C)O[C@H]2O[C@H]([C@H]3COC(C)(C)O3)[C@H](OCc3cc(N)cc(CO[C@@H]4[C@H]5OC(C)(C)O[C@H]5O[C@@H]4[C@H]4COC(C)(C)O4)c3)[C@H]2O1. The summed E-state index contributed by atoms with van der Waals surface area (Å²) >= 11 is 0. The second kappa shape index (κ2) is 11.3. The maximum atomic E-state index is 6.51. The van der Waals surface area contributed by atoms with E-state index in [1.165, 1.54) is 0 Å². The van der Waals surface area contributed by atoms with E-state index in [0.29, 0.717) is 18.9 Å². The molecule has 2 N–H and O–H groups in total. The van der Waals surface area contributed by atoms with Gasteiger partial charge in [0.2, 0.25) is 0 Å². The highest BCUT2D eigenvalue weighted by molar-refractivity contribution is 5.44. The lowest BCUT2D eigenvalue weighted by molar-refractivity contribution is -0.236. The molecule has 6 fully saturated rings. The van der Waals surface area contributed by atoms with Crippen LogP contribution < -0.4 is 5.73 Å². The van der Waals surface area contributed by atoms with Crippen LogP contribution in [-0.4, -0.2) is 97.8 Å². The zero-order chi connectivity index (χ0) is 31.9. The second-order valence-corrected chi connectivity index (χ2v) is 14.5. The van der Waals surface area contributed by atoms with Crippen LogP contribution in [0.2, 0.25) is 0 Å². The molecule has 1 aromatic rings. The molecule has 0 unspecified atom stereocenters. The third-order valence-corrected chi connectivity index (χ3v) is 8.81. The van der Waals surface area contributed by atoms with Crippen LogP contribution in [0.15, 0.2) is 18.2 Å². The summed E-state index contributed by atoms with van der Waals surface area (Å²) in [6.07, 6.45) is -4.38. The largest absolute Gasteiger partial charge is 0.399 e. The van der Waals surface area contributed by atoms with Gasteiger partial charge in [-0.15, -0.1) is 0 Å². The lowest BCUT2D eigenvalue weighted by Gasteiger charge is -2.29. The van der Waals surface area contributed by atoms with Gasteiger partial charge in [0.1, 0.15) is 48.8 Å². The smallest absolute Gasteiger partial charge is 0.190 e. The van der Waals surface area contributed by atoms with Crippen molar-refractivity contribution in [1.29, 1.82) is 0 Å². The average Bonchev–Trinajstić information content (AvgIpc) is 3.73. The average molecular weight is 638 g/mol. The third kappa shape index (κ3) is 6.65. The summed E-state index contributed by atoms with van der Waals surface area (Å²) in [5.74, 6) is -2.99. The van der Waals surface area contributed by atoms with Gasteiger partial charge in [-0.3, -0.25) is 0 Å². The molecule has 6 saturated heterocycles. The Hall–Kier alpha value is -1.46. The van der Waals surface area contributed by atoms with E-state index in [1.807, 2.05) is 73.6 Å². The van der Waals surface area contributed by atoms with Gasteiger partial charge in [-0.05, 0) is 78.6 Å². The molecule has 0 aliphatic carbocycles. The van der Waals surface area contributed by atoms with E-state index in [2.05, 4.69) is 0 Å². The number of fused-ring (bicyclic) bond motifs is 2. The predicted molar refractivity (Wildman–Crippen MR) is 155 cm³/mol. The Kier molecular flexibility index (Phi) is 8.07. The molecule has 10 atom stereocenters. The van der Waals surface area contributed by atoms with Crippen LogP contribution in [0, 0.1) is 0 Å². The van der Waals surface area contributed by atoms with Crippen LogP contribution in [0.4, 0.5) is 5.69 Å². The molecule has 6 heterocycles. The zero-order valence-corrected chi connectivity index (χ0v) is 27.3. The first-order valence-corrected chi connectivity index (χ1v) is 15.8. The normalized spacial score (nSPS) is 42.3. The highest BCUT2D eigenvalue weighted by Crippen LogP contribution is 2.44. The molecule has 7 rings (SSSR count). The predicted octanol–water partition coefficient (Wildman–Crippen LogP) is 3.10. The first-order chi connectivity index (χ1) is 21.1. The maximum Gasteiger partial charge on any atom is 0.190 e. The lowest BCUT2D eigenvalue weighted by Crippen LogP contribution is -2.44. The number of rotatable bonds is 8. The first-order valence-electron chi connectivity index (χ1n) is 15.8. The van der Waals surface area contributed by atoms with Gasteiger partial charge in [-0.1, -0.05) is 6.07 Å². The van der Waals surface area contributed by atoms with Crippen molar-refractivity contribution in [3.8, 4) is 0 Å². The van der Waals surface area contributed by atoms with Crippen LogP contribution in [0.1, 0.15) is 66.5 Å². The molecular formula is C32H47NO12. The molecule has 6 aliphatic heterocycles. The van der Waals surface area contributed by atoms with Crippen LogP contribution in [0.5, 0.6) is 0 Å². The van der Waals surface area contributed by atoms with Crippen LogP contribution in [-0.2, 0) is 70.1 Å². The lowest BCUT2D eigenvalue weighted by atomic mass is 10.0. The summed E-state index contributed by atoms with van der Waals surface area (Å²) in [6.45, 7) is 16.3. The fourth-order valence-electron chi connectivity index (χ4n) is 7.08. The van der Waals surface area contributed by atoms with Crippen molar-refractivity contribution in [3.63, 3.8) is 0 Å². The van der Waals surface area contributed by atoms with Gasteiger partial charge in [-0.25, -0.2) is 0 Å². The van der Waals surface area contributed by atoms with Gasteiger partial charge >= 0.3 is 0 Å². The molecule has 0 spiro atoms. The number of benzene rings is 1. The van der Waals surface area contributed by atoms with Crippen molar-refractivity contribution in [2.75, 3.05) is 18.9 Å². The van der Waals surface area contributed by atoms with Crippen LogP contribution >= 0.6 is 0 Å². The Morgan fingerprint density at radius 1 is 0.578 bits per heavy atom. The van der Waals surface area contributed by atoms with E-state index in [1.54, 1.807) is 0 Å². The van der Waals surface area contributed by atoms with Crippen molar-refractivity contribution >= 4 is 5.69 Å². The van der Waals surface area contributed by atoms with Gasteiger partial charge in [-0.2, -0.15) is 0 Å².